The molecule has 0 aromatic heterocycles. The third-order valence-corrected chi connectivity index (χ3v) is 1.67. The van der Waals surface area contributed by atoms with Gasteiger partial charge < -0.3 is 10.6 Å². The Hall–Kier alpha value is -0.900. The zero-order valence-electron chi connectivity index (χ0n) is 8.02. The standard InChI is InChI=1S/C8H16N2O2/c1-6(11)8(2,3)10-7(12)5-9-4/h9H,5H2,1-4H3,(H,10,12). The number of carbonyl (C=O) groups is 2. The van der Waals surface area contributed by atoms with Gasteiger partial charge >= 0.3 is 0 Å². The van der Waals surface area contributed by atoms with Crippen molar-refractivity contribution >= 4 is 11.7 Å². The largest absolute Gasteiger partial charge is 0.343 e. The molecule has 4 heteroatoms. The molecule has 0 rings (SSSR count). The molecule has 0 saturated heterocycles. The van der Waals surface area contributed by atoms with Gasteiger partial charge in [-0.3, -0.25) is 9.59 Å². The fourth-order valence-electron chi connectivity index (χ4n) is 0.641. The highest BCUT2D eigenvalue weighted by Gasteiger charge is 2.24. The summed E-state index contributed by atoms with van der Waals surface area (Å²) in [6.45, 7) is 5.06. The number of carbonyl (C=O) groups excluding carboxylic acids is 2. The van der Waals surface area contributed by atoms with Gasteiger partial charge in [-0.25, -0.2) is 0 Å². The van der Waals surface area contributed by atoms with E-state index in [0.29, 0.717) is 0 Å². The molecule has 70 valence electrons. The first kappa shape index (κ1) is 11.1. The first-order valence-corrected chi connectivity index (χ1v) is 3.87. The van der Waals surface area contributed by atoms with Crippen molar-refractivity contribution in [2.24, 2.45) is 0 Å². The van der Waals surface area contributed by atoms with E-state index in [1.165, 1.54) is 6.92 Å². The lowest BCUT2D eigenvalue weighted by Crippen LogP contribution is -2.50. The fraction of sp³-hybridized carbons (Fsp3) is 0.750. The Bertz CT molecular complexity index is 187. The molecule has 0 radical (unpaired) electrons. The first-order valence-electron chi connectivity index (χ1n) is 3.87. The quantitative estimate of drug-likeness (QED) is 0.611. The Morgan fingerprint density at radius 2 is 1.83 bits per heavy atom. The number of rotatable bonds is 4. The summed E-state index contributed by atoms with van der Waals surface area (Å²) in [5.74, 6) is -0.218. The second-order valence-electron chi connectivity index (χ2n) is 3.26. The summed E-state index contributed by atoms with van der Waals surface area (Å²) in [7, 11) is 1.68. The van der Waals surface area contributed by atoms with Crippen LogP contribution in [0.15, 0.2) is 0 Å². The van der Waals surface area contributed by atoms with Gasteiger partial charge in [0, 0.05) is 0 Å². The highest BCUT2D eigenvalue weighted by molar-refractivity contribution is 5.91. The highest BCUT2D eigenvalue weighted by atomic mass is 16.2. The topological polar surface area (TPSA) is 58.2 Å². The van der Waals surface area contributed by atoms with Crippen molar-refractivity contribution in [3.63, 3.8) is 0 Å². The normalized spacial score (nSPS) is 11.0. The van der Waals surface area contributed by atoms with Crippen LogP contribution in [0.1, 0.15) is 20.8 Å². The molecule has 0 aromatic carbocycles. The van der Waals surface area contributed by atoms with E-state index in [-0.39, 0.29) is 18.2 Å². The Morgan fingerprint density at radius 1 is 1.33 bits per heavy atom. The molecule has 0 aliphatic rings. The van der Waals surface area contributed by atoms with Crippen molar-refractivity contribution in [2.75, 3.05) is 13.6 Å². The molecule has 4 nitrogen and oxygen atoms in total. The van der Waals surface area contributed by atoms with Crippen molar-refractivity contribution in [3.05, 3.63) is 0 Å². The van der Waals surface area contributed by atoms with E-state index >= 15 is 0 Å². The Kier molecular flexibility index (Phi) is 3.89. The van der Waals surface area contributed by atoms with E-state index in [1.807, 2.05) is 0 Å². The molecule has 0 spiro atoms. The van der Waals surface area contributed by atoms with Gasteiger partial charge in [-0.15, -0.1) is 0 Å². The number of hydrogen-bond donors (Lipinski definition) is 2. The molecule has 12 heavy (non-hydrogen) atoms. The van der Waals surface area contributed by atoms with Gasteiger partial charge in [0.25, 0.3) is 0 Å². The van der Waals surface area contributed by atoms with Crippen molar-refractivity contribution in [3.8, 4) is 0 Å². The van der Waals surface area contributed by atoms with E-state index in [0.717, 1.165) is 0 Å². The van der Waals surface area contributed by atoms with Crippen LogP contribution >= 0.6 is 0 Å². The molecular weight excluding hydrogens is 156 g/mol. The van der Waals surface area contributed by atoms with Crippen LogP contribution in [0.5, 0.6) is 0 Å². The molecular formula is C8H16N2O2. The number of Topliss-reactive ketones (excluding diaryl/α,β-unsaturated/α-hetero) is 1. The molecule has 0 aliphatic carbocycles. The Balaban J connectivity index is 4.06. The monoisotopic (exact) mass is 172 g/mol. The zero-order chi connectivity index (χ0) is 9.78. The zero-order valence-corrected chi connectivity index (χ0v) is 8.02. The predicted molar refractivity (Wildman–Crippen MR) is 46.8 cm³/mol. The minimum absolute atomic E-state index is 0.0491. The van der Waals surface area contributed by atoms with Gasteiger partial charge in [0.2, 0.25) is 5.91 Å². The third kappa shape index (κ3) is 3.48. The molecule has 0 atom stereocenters. The van der Waals surface area contributed by atoms with Crippen LogP contribution < -0.4 is 10.6 Å². The number of amides is 1. The van der Waals surface area contributed by atoms with E-state index in [2.05, 4.69) is 10.6 Å². The van der Waals surface area contributed by atoms with Gasteiger partial charge in [0.05, 0.1) is 12.1 Å². The fourth-order valence-corrected chi connectivity index (χ4v) is 0.641. The van der Waals surface area contributed by atoms with Gasteiger partial charge in [-0.05, 0) is 27.8 Å². The second kappa shape index (κ2) is 4.21. The lowest BCUT2D eigenvalue weighted by molar-refractivity contribution is -0.129. The second-order valence-corrected chi connectivity index (χ2v) is 3.26. The van der Waals surface area contributed by atoms with Crippen molar-refractivity contribution in [1.82, 2.24) is 10.6 Å². The molecule has 2 N–H and O–H groups in total. The first-order chi connectivity index (χ1) is 5.40. The van der Waals surface area contributed by atoms with E-state index in [9.17, 15) is 9.59 Å². The van der Waals surface area contributed by atoms with Crippen molar-refractivity contribution in [2.45, 2.75) is 26.3 Å². The van der Waals surface area contributed by atoms with Crippen LogP contribution in [0.4, 0.5) is 0 Å². The van der Waals surface area contributed by atoms with Crippen LogP contribution in [0.25, 0.3) is 0 Å². The maximum Gasteiger partial charge on any atom is 0.234 e. The SMILES string of the molecule is CNCC(=O)NC(C)(C)C(C)=O. The van der Waals surface area contributed by atoms with E-state index < -0.39 is 5.54 Å². The highest BCUT2D eigenvalue weighted by Crippen LogP contribution is 2.02. The number of nitrogens with one attached hydrogen (secondary N) is 2. The van der Waals surface area contributed by atoms with Gasteiger partial charge in [-0.1, -0.05) is 0 Å². The third-order valence-electron chi connectivity index (χ3n) is 1.67. The average Bonchev–Trinajstić information content (AvgIpc) is 1.85. The van der Waals surface area contributed by atoms with Crippen LogP contribution in [0.3, 0.4) is 0 Å². The summed E-state index contributed by atoms with van der Waals surface area (Å²) < 4.78 is 0. The van der Waals surface area contributed by atoms with Crippen LogP contribution in [0, 0.1) is 0 Å². The summed E-state index contributed by atoms with van der Waals surface area (Å²) in [6, 6.07) is 0. The average molecular weight is 172 g/mol. The Labute approximate surface area is 72.7 Å². The number of ketones is 1. The molecule has 0 bridgehead atoms. The Morgan fingerprint density at radius 3 is 2.17 bits per heavy atom. The summed E-state index contributed by atoms with van der Waals surface area (Å²) in [6.07, 6.45) is 0. The lowest BCUT2D eigenvalue weighted by Gasteiger charge is -2.22. The molecule has 1 amide bonds. The van der Waals surface area contributed by atoms with E-state index in [4.69, 9.17) is 0 Å². The summed E-state index contributed by atoms with van der Waals surface area (Å²) in [5.41, 5.74) is -0.756. The minimum atomic E-state index is -0.756. The van der Waals surface area contributed by atoms with Gasteiger partial charge in [-0.2, -0.15) is 0 Å². The number of hydrogen-bond acceptors (Lipinski definition) is 3. The van der Waals surface area contributed by atoms with Gasteiger partial charge in [0.15, 0.2) is 5.78 Å². The molecule has 0 fully saturated rings. The maximum absolute atomic E-state index is 11.0. The summed E-state index contributed by atoms with van der Waals surface area (Å²) in [5, 5.41) is 5.31. The molecule has 0 heterocycles. The van der Waals surface area contributed by atoms with Gasteiger partial charge in [0.1, 0.15) is 0 Å². The predicted octanol–water partition coefficient (Wildman–Crippen LogP) is -0.310. The summed E-state index contributed by atoms with van der Waals surface area (Å²) in [4.78, 5) is 22.0. The number of likely N-dealkylation sites (N-methyl/N-ethyl adjacent to an activating group) is 1. The molecule has 0 aromatic rings. The van der Waals surface area contributed by atoms with Crippen LogP contribution in [-0.2, 0) is 9.59 Å². The van der Waals surface area contributed by atoms with Crippen LogP contribution in [0.2, 0.25) is 0 Å². The molecule has 0 aliphatic heterocycles. The smallest absolute Gasteiger partial charge is 0.234 e. The molecule has 0 unspecified atom stereocenters. The molecule has 0 saturated carbocycles. The van der Waals surface area contributed by atoms with Crippen molar-refractivity contribution < 1.29 is 9.59 Å². The van der Waals surface area contributed by atoms with Crippen LogP contribution in [-0.4, -0.2) is 30.8 Å². The maximum atomic E-state index is 11.0. The van der Waals surface area contributed by atoms with Crippen molar-refractivity contribution in [1.29, 1.82) is 0 Å². The lowest BCUT2D eigenvalue weighted by atomic mass is 10.0. The van der Waals surface area contributed by atoms with E-state index in [1.54, 1.807) is 20.9 Å². The summed E-state index contributed by atoms with van der Waals surface area (Å²) >= 11 is 0. The minimum Gasteiger partial charge on any atom is -0.343 e.